The molecule has 0 aliphatic carbocycles. The van der Waals surface area contributed by atoms with Crippen LogP contribution in [0.15, 0.2) is 59.0 Å². The predicted octanol–water partition coefficient (Wildman–Crippen LogP) is 3.43. The summed E-state index contributed by atoms with van der Waals surface area (Å²) in [7, 11) is 1.65. The first-order valence-corrected chi connectivity index (χ1v) is 6.98. The van der Waals surface area contributed by atoms with E-state index in [1.54, 1.807) is 7.11 Å². The van der Waals surface area contributed by atoms with Crippen LogP contribution in [0.5, 0.6) is 5.75 Å². The van der Waals surface area contributed by atoms with Gasteiger partial charge in [0.15, 0.2) is 0 Å². The Balaban J connectivity index is 1.73. The van der Waals surface area contributed by atoms with Gasteiger partial charge < -0.3 is 13.9 Å². The van der Waals surface area contributed by atoms with Crippen LogP contribution in [-0.4, -0.2) is 30.5 Å². The van der Waals surface area contributed by atoms with Crippen molar-refractivity contribution in [1.82, 2.24) is 10.2 Å². The molecule has 5 nitrogen and oxygen atoms in total. The third-order valence-electron chi connectivity index (χ3n) is 3.10. The predicted molar refractivity (Wildman–Crippen MR) is 82.5 cm³/mol. The average Bonchev–Trinajstić information content (AvgIpc) is 3.07. The van der Waals surface area contributed by atoms with Crippen molar-refractivity contribution >= 4 is 0 Å². The Morgan fingerprint density at radius 2 is 1.45 bits per heavy atom. The summed E-state index contributed by atoms with van der Waals surface area (Å²) in [4.78, 5) is 0. The number of ether oxygens (including phenoxy) is 2. The molecule has 0 N–H and O–H groups in total. The van der Waals surface area contributed by atoms with Gasteiger partial charge in [-0.3, -0.25) is 0 Å². The van der Waals surface area contributed by atoms with Gasteiger partial charge in [0, 0.05) is 18.2 Å². The Morgan fingerprint density at radius 1 is 0.818 bits per heavy atom. The summed E-state index contributed by atoms with van der Waals surface area (Å²) < 4.78 is 16.2. The molecular formula is C17H16N2O3. The van der Waals surface area contributed by atoms with Gasteiger partial charge in [-0.05, 0) is 36.4 Å². The fourth-order valence-corrected chi connectivity index (χ4v) is 1.97. The lowest BCUT2D eigenvalue weighted by Gasteiger charge is -2.05. The zero-order chi connectivity index (χ0) is 15.2. The van der Waals surface area contributed by atoms with Gasteiger partial charge in [-0.25, -0.2) is 0 Å². The van der Waals surface area contributed by atoms with Crippen LogP contribution < -0.4 is 4.74 Å². The SMILES string of the molecule is COCCOc1ccc(-c2nnc(-c3ccccc3)o2)cc1. The highest BCUT2D eigenvalue weighted by molar-refractivity contribution is 5.58. The van der Waals surface area contributed by atoms with Crippen molar-refractivity contribution in [1.29, 1.82) is 0 Å². The third-order valence-corrected chi connectivity index (χ3v) is 3.10. The Morgan fingerprint density at radius 3 is 2.09 bits per heavy atom. The van der Waals surface area contributed by atoms with Crippen LogP contribution >= 0.6 is 0 Å². The summed E-state index contributed by atoms with van der Waals surface area (Å²) in [6.07, 6.45) is 0. The summed E-state index contributed by atoms with van der Waals surface area (Å²) >= 11 is 0. The number of hydrogen-bond donors (Lipinski definition) is 0. The lowest BCUT2D eigenvalue weighted by Crippen LogP contribution is -2.03. The maximum Gasteiger partial charge on any atom is 0.248 e. The largest absolute Gasteiger partial charge is 0.491 e. The molecule has 1 heterocycles. The third kappa shape index (κ3) is 3.32. The molecule has 22 heavy (non-hydrogen) atoms. The van der Waals surface area contributed by atoms with E-state index in [0.717, 1.165) is 16.9 Å². The van der Waals surface area contributed by atoms with E-state index in [-0.39, 0.29) is 0 Å². The number of hydrogen-bond acceptors (Lipinski definition) is 5. The highest BCUT2D eigenvalue weighted by Gasteiger charge is 2.10. The second-order valence-corrected chi connectivity index (χ2v) is 4.64. The van der Waals surface area contributed by atoms with Crippen LogP contribution in [0.4, 0.5) is 0 Å². The fourth-order valence-electron chi connectivity index (χ4n) is 1.97. The molecule has 0 atom stereocenters. The van der Waals surface area contributed by atoms with E-state index in [1.807, 2.05) is 54.6 Å². The smallest absolute Gasteiger partial charge is 0.248 e. The molecule has 3 aromatic rings. The first kappa shape index (κ1) is 14.3. The van der Waals surface area contributed by atoms with Crippen molar-refractivity contribution < 1.29 is 13.9 Å². The normalized spacial score (nSPS) is 10.6. The number of rotatable bonds is 6. The molecule has 0 amide bonds. The van der Waals surface area contributed by atoms with Crippen molar-refractivity contribution in [2.75, 3.05) is 20.3 Å². The van der Waals surface area contributed by atoms with E-state index < -0.39 is 0 Å². The second-order valence-electron chi connectivity index (χ2n) is 4.64. The lowest BCUT2D eigenvalue weighted by atomic mass is 10.2. The molecule has 3 rings (SSSR count). The van der Waals surface area contributed by atoms with Crippen molar-refractivity contribution in [3.8, 4) is 28.7 Å². The Labute approximate surface area is 128 Å². The van der Waals surface area contributed by atoms with E-state index in [4.69, 9.17) is 13.9 Å². The van der Waals surface area contributed by atoms with Gasteiger partial charge in [0.2, 0.25) is 11.8 Å². The van der Waals surface area contributed by atoms with Crippen molar-refractivity contribution in [2.24, 2.45) is 0 Å². The Bertz CT molecular complexity index is 708. The van der Waals surface area contributed by atoms with Crippen LogP contribution in [0.3, 0.4) is 0 Å². The summed E-state index contributed by atoms with van der Waals surface area (Å²) in [5.74, 6) is 1.78. The van der Waals surface area contributed by atoms with Crippen LogP contribution in [0, 0.1) is 0 Å². The molecule has 5 heteroatoms. The van der Waals surface area contributed by atoms with Gasteiger partial charge in [0.25, 0.3) is 0 Å². The highest BCUT2D eigenvalue weighted by Crippen LogP contribution is 2.25. The van der Waals surface area contributed by atoms with Gasteiger partial charge in [-0.15, -0.1) is 10.2 Å². The summed E-state index contributed by atoms with van der Waals surface area (Å²) in [6, 6.07) is 17.2. The quantitative estimate of drug-likeness (QED) is 0.652. The van der Waals surface area contributed by atoms with E-state index in [9.17, 15) is 0 Å². The Kier molecular flexibility index (Phi) is 4.46. The van der Waals surface area contributed by atoms with Gasteiger partial charge in [0.1, 0.15) is 12.4 Å². The molecule has 0 spiro atoms. The zero-order valence-corrected chi connectivity index (χ0v) is 12.2. The van der Waals surface area contributed by atoms with Crippen molar-refractivity contribution in [3.05, 3.63) is 54.6 Å². The fraction of sp³-hybridized carbons (Fsp3) is 0.176. The second kappa shape index (κ2) is 6.87. The Hall–Kier alpha value is -2.66. The van der Waals surface area contributed by atoms with E-state index in [0.29, 0.717) is 25.0 Å². The van der Waals surface area contributed by atoms with Gasteiger partial charge in [-0.1, -0.05) is 18.2 Å². The molecule has 0 fully saturated rings. The van der Waals surface area contributed by atoms with E-state index in [1.165, 1.54) is 0 Å². The number of nitrogens with zero attached hydrogens (tertiary/aromatic N) is 2. The van der Waals surface area contributed by atoms with Crippen LogP contribution in [-0.2, 0) is 4.74 Å². The zero-order valence-electron chi connectivity index (χ0n) is 12.2. The molecule has 0 saturated carbocycles. The molecule has 0 saturated heterocycles. The highest BCUT2D eigenvalue weighted by atomic mass is 16.5. The molecule has 0 aliphatic heterocycles. The van der Waals surface area contributed by atoms with Crippen LogP contribution in [0.1, 0.15) is 0 Å². The first-order chi connectivity index (χ1) is 10.9. The van der Waals surface area contributed by atoms with Gasteiger partial charge in [0.05, 0.1) is 6.61 Å². The molecule has 1 aromatic heterocycles. The van der Waals surface area contributed by atoms with Crippen LogP contribution in [0.25, 0.3) is 22.9 Å². The summed E-state index contributed by atoms with van der Waals surface area (Å²) in [5, 5.41) is 8.17. The molecule has 2 aromatic carbocycles. The van der Waals surface area contributed by atoms with Crippen LogP contribution in [0.2, 0.25) is 0 Å². The number of methoxy groups -OCH3 is 1. The average molecular weight is 296 g/mol. The minimum Gasteiger partial charge on any atom is -0.491 e. The first-order valence-electron chi connectivity index (χ1n) is 6.98. The topological polar surface area (TPSA) is 57.4 Å². The maximum atomic E-state index is 5.71. The van der Waals surface area contributed by atoms with Crippen molar-refractivity contribution in [2.45, 2.75) is 0 Å². The van der Waals surface area contributed by atoms with Crippen molar-refractivity contribution in [3.63, 3.8) is 0 Å². The number of aromatic nitrogens is 2. The van der Waals surface area contributed by atoms with E-state index >= 15 is 0 Å². The molecule has 0 bridgehead atoms. The number of benzene rings is 2. The van der Waals surface area contributed by atoms with Gasteiger partial charge in [-0.2, -0.15) is 0 Å². The van der Waals surface area contributed by atoms with E-state index in [2.05, 4.69) is 10.2 Å². The van der Waals surface area contributed by atoms with Gasteiger partial charge >= 0.3 is 0 Å². The molecule has 0 aliphatic rings. The lowest BCUT2D eigenvalue weighted by molar-refractivity contribution is 0.146. The summed E-state index contributed by atoms with van der Waals surface area (Å²) in [5.41, 5.74) is 1.76. The summed E-state index contributed by atoms with van der Waals surface area (Å²) in [6.45, 7) is 1.08. The maximum absolute atomic E-state index is 5.71. The standard InChI is InChI=1S/C17H16N2O3/c1-20-11-12-21-15-9-7-14(8-10-15)17-19-18-16(22-17)13-5-3-2-4-6-13/h2-10H,11-12H2,1H3. The molecular weight excluding hydrogens is 280 g/mol. The molecule has 0 radical (unpaired) electrons. The minimum atomic E-state index is 0.488. The minimum absolute atomic E-state index is 0.488. The monoisotopic (exact) mass is 296 g/mol. The molecule has 112 valence electrons. The molecule has 0 unspecified atom stereocenters.